The van der Waals surface area contributed by atoms with E-state index in [0.29, 0.717) is 6.29 Å². The molecule has 1 amide bonds. The van der Waals surface area contributed by atoms with Crippen LogP contribution in [0.5, 0.6) is 0 Å². The molecule has 0 aliphatic heterocycles. The lowest BCUT2D eigenvalue weighted by Gasteiger charge is -2.15. The van der Waals surface area contributed by atoms with Crippen LogP contribution < -0.4 is 16.2 Å². The van der Waals surface area contributed by atoms with Crippen LogP contribution in [0.1, 0.15) is 20.3 Å². The van der Waals surface area contributed by atoms with Crippen molar-refractivity contribution < 1.29 is 22.6 Å². The molecule has 0 rings (SSSR count). The van der Waals surface area contributed by atoms with Gasteiger partial charge in [-0.05, 0) is 20.3 Å². The zero-order valence-corrected chi connectivity index (χ0v) is 11.2. The van der Waals surface area contributed by atoms with Crippen LogP contribution in [0.3, 0.4) is 0 Å². The van der Waals surface area contributed by atoms with Crippen molar-refractivity contribution in [3.63, 3.8) is 0 Å². The van der Waals surface area contributed by atoms with Crippen molar-refractivity contribution in [2.24, 2.45) is 0 Å². The molecule has 0 bridgehead atoms. The fraction of sp³-hybridized carbons (Fsp3) is 0.778. The Morgan fingerprint density at radius 2 is 2.00 bits per heavy atom. The molecule has 0 heterocycles. The smallest absolute Gasteiger partial charge is 0.264 e. The minimum absolute atomic E-state index is 0.213. The van der Waals surface area contributed by atoms with E-state index in [4.69, 9.17) is 4.55 Å². The molecular weight excluding hydrogens is 262 g/mol. The van der Waals surface area contributed by atoms with Gasteiger partial charge in [0.15, 0.2) is 0 Å². The topological polar surface area (TPSA) is 125 Å². The van der Waals surface area contributed by atoms with E-state index in [1.54, 1.807) is 13.8 Å². The number of hydrogen-bond acceptors (Lipinski definition) is 6. The second kappa shape index (κ2) is 8.14. The molecule has 1 unspecified atom stereocenters. The van der Waals surface area contributed by atoms with Gasteiger partial charge < -0.3 is 10.1 Å². The van der Waals surface area contributed by atoms with Crippen molar-refractivity contribution in [1.82, 2.24) is 16.2 Å². The average molecular weight is 281 g/mol. The fourth-order valence-electron chi connectivity index (χ4n) is 1.02. The number of aldehydes is 1. The maximum atomic E-state index is 11.4. The van der Waals surface area contributed by atoms with E-state index in [1.165, 1.54) is 0 Å². The van der Waals surface area contributed by atoms with Gasteiger partial charge in [-0.3, -0.25) is 14.8 Å². The predicted molar refractivity (Wildman–Crippen MR) is 65.3 cm³/mol. The number of hydrogen-bond donors (Lipinski definition) is 4. The molecule has 2 atom stereocenters. The van der Waals surface area contributed by atoms with E-state index in [2.05, 4.69) is 16.2 Å². The Bertz CT molecular complexity index is 370. The Hall–Kier alpha value is -1.03. The first-order valence-electron chi connectivity index (χ1n) is 5.45. The highest BCUT2D eigenvalue weighted by molar-refractivity contribution is 7.85. The molecule has 0 saturated heterocycles. The number of carbonyl (C=O) groups is 2. The van der Waals surface area contributed by atoms with Crippen molar-refractivity contribution in [3.8, 4) is 0 Å². The minimum atomic E-state index is -3.95. The van der Waals surface area contributed by atoms with Crippen LogP contribution in [0, 0.1) is 0 Å². The third-order valence-electron chi connectivity index (χ3n) is 1.99. The SMILES string of the molecule is CC(NNCCCS(=O)(=O)O)C(=O)N[C@@H](C)C=O. The Kier molecular flexibility index (Phi) is 7.67. The van der Waals surface area contributed by atoms with Crippen molar-refractivity contribution in [1.29, 1.82) is 0 Å². The summed E-state index contributed by atoms with van der Waals surface area (Å²) in [4.78, 5) is 21.8. The monoisotopic (exact) mass is 281 g/mol. The van der Waals surface area contributed by atoms with E-state index >= 15 is 0 Å². The maximum absolute atomic E-state index is 11.4. The molecule has 106 valence electrons. The third-order valence-corrected chi connectivity index (χ3v) is 2.79. The van der Waals surface area contributed by atoms with E-state index in [9.17, 15) is 18.0 Å². The van der Waals surface area contributed by atoms with Gasteiger partial charge in [-0.15, -0.1) is 0 Å². The van der Waals surface area contributed by atoms with Gasteiger partial charge in [0.05, 0.1) is 17.8 Å². The number of carbonyl (C=O) groups excluding carboxylic acids is 2. The summed E-state index contributed by atoms with van der Waals surface area (Å²) in [5.41, 5.74) is 5.30. The number of hydrazine groups is 1. The average Bonchev–Trinajstić information content (AvgIpc) is 2.26. The highest BCUT2D eigenvalue weighted by Crippen LogP contribution is 1.87. The van der Waals surface area contributed by atoms with Gasteiger partial charge in [0.1, 0.15) is 6.29 Å². The molecule has 0 aliphatic carbocycles. The van der Waals surface area contributed by atoms with Crippen LogP contribution in [-0.4, -0.2) is 49.5 Å². The molecule has 4 N–H and O–H groups in total. The van der Waals surface area contributed by atoms with E-state index in [1.807, 2.05) is 0 Å². The fourth-order valence-corrected chi connectivity index (χ4v) is 1.53. The van der Waals surface area contributed by atoms with Crippen molar-refractivity contribution in [2.45, 2.75) is 32.4 Å². The first-order chi connectivity index (χ1) is 8.26. The van der Waals surface area contributed by atoms with Crippen LogP contribution >= 0.6 is 0 Å². The maximum Gasteiger partial charge on any atom is 0.264 e. The summed E-state index contributed by atoms with van der Waals surface area (Å²) in [6, 6.07) is -1.13. The molecule has 0 spiro atoms. The van der Waals surface area contributed by atoms with Crippen LogP contribution in [0.4, 0.5) is 0 Å². The van der Waals surface area contributed by atoms with Crippen LogP contribution in [-0.2, 0) is 19.7 Å². The lowest BCUT2D eigenvalue weighted by Crippen LogP contribution is -2.50. The molecule has 0 aromatic rings. The summed E-state index contributed by atoms with van der Waals surface area (Å²) in [7, 11) is -3.95. The molecular formula is C9H19N3O5S. The zero-order valence-electron chi connectivity index (χ0n) is 10.3. The molecule has 0 aromatic heterocycles. The third kappa shape index (κ3) is 9.05. The normalized spacial score (nSPS) is 14.8. The van der Waals surface area contributed by atoms with Gasteiger partial charge in [0.25, 0.3) is 10.1 Å². The second-order valence-electron chi connectivity index (χ2n) is 3.87. The summed E-state index contributed by atoms with van der Waals surface area (Å²) in [5, 5.41) is 2.45. The standard InChI is InChI=1S/C9H19N3O5S/c1-7(6-13)11-9(14)8(2)12-10-4-3-5-18(15,16)17/h6-8,10,12H,3-5H2,1-2H3,(H,11,14)(H,15,16,17)/t7-,8?/m0/s1. The van der Waals surface area contributed by atoms with Crippen LogP contribution in [0.15, 0.2) is 0 Å². The van der Waals surface area contributed by atoms with E-state index in [-0.39, 0.29) is 24.6 Å². The Morgan fingerprint density at radius 3 is 2.50 bits per heavy atom. The highest BCUT2D eigenvalue weighted by Gasteiger charge is 2.13. The van der Waals surface area contributed by atoms with Crippen molar-refractivity contribution in [2.75, 3.05) is 12.3 Å². The Labute approximate surface area is 106 Å². The van der Waals surface area contributed by atoms with E-state index < -0.39 is 22.2 Å². The lowest BCUT2D eigenvalue weighted by molar-refractivity contribution is -0.125. The van der Waals surface area contributed by atoms with Gasteiger partial charge in [0, 0.05) is 6.54 Å². The van der Waals surface area contributed by atoms with Crippen LogP contribution in [0.25, 0.3) is 0 Å². The number of rotatable bonds is 9. The zero-order chi connectivity index (χ0) is 14.2. The summed E-state index contributed by atoms with van der Waals surface area (Å²) < 4.78 is 29.3. The first-order valence-corrected chi connectivity index (χ1v) is 7.06. The molecule has 8 nitrogen and oxygen atoms in total. The second-order valence-corrected chi connectivity index (χ2v) is 5.44. The number of amides is 1. The lowest BCUT2D eigenvalue weighted by atomic mass is 10.3. The summed E-state index contributed by atoms with van der Waals surface area (Å²) in [6.07, 6.45) is 0.828. The molecule has 18 heavy (non-hydrogen) atoms. The van der Waals surface area contributed by atoms with Gasteiger partial charge >= 0.3 is 0 Å². The molecule has 0 aliphatic rings. The van der Waals surface area contributed by atoms with Gasteiger partial charge in [-0.25, -0.2) is 5.43 Å². The first kappa shape index (κ1) is 17.0. The predicted octanol–water partition coefficient (Wildman–Crippen LogP) is -1.55. The van der Waals surface area contributed by atoms with Gasteiger partial charge in [-0.2, -0.15) is 8.42 Å². The molecule has 0 aromatic carbocycles. The quantitative estimate of drug-likeness (QED) is 0.174. The molecule has 0 saturated carbocycles. The molecule has 9 heteroatoms. The summed E-state index contributed by atoms with van der Waals surface area (Å²) in [5.74, 6) is -0.693. The summed E-state index contributed by atoms with van der Waals surface area (Å²) in [6.45, 7) is 3.42. The Morgan fingerprint density at radius 1 is 1.39 bits per heavy atom. The highest BCUT2D eigenvalue weighted by atomic mass is 32.2. The molecule has 0 radical (unpaired) electrons. The van der Waals surface area contributed by atoms with Crippen molar-refractivity contribution in [3.05, 3.63) is 0 Å². The summed E-state index contributed by atoms with van der Waals surface area (Å²) >= 11 is 0. The van der Waals surface area contributed by atoms with Crippen molar-refractivity contribution >= 4 is 22.3 Å². The Balaban J connectivity index is 3.73. The van der Waals surface area contributed by atoms with Crippen LogP contribution in [0.2, 0.25) is 0 Å². The van der Waals surface area contributed by atoms with Gasteiger partial charge in [0.2, 0.25) is 5.91 Å². The number of nitrogens with one attached hydrogen (secondary N) is 3. The van der Waals surface area contributed by atoms with E-state index in [0.717, 1.165) is 0 Å². The van der Waals surface area contributed by atoms with Gasteiger partial charge in [-0.1, -0.05) is 0 Å². The minimum Gasteiger partial charge on any atom is -0.345 e. The largest absolute Gasteiger partial charge is 0.345 e. The molecule has 0 fully saturated rings.